The summed E-state index contributed by atoms with van der Waals surface area (Å²) < 4.78 is 31.6. The Labute approximate surface area is 97.8 Å². The van der Waals surface area contributed by atoms with E-state index < -0.39 is 24.7 Å². The van der Waals surface area contributed by atoms with Gasteiger partial charge in [0.15, 0.2) is 6.61 Å². The standard InChI is InChI=1S/C12H13F2NO2/c1-7-3-8(2)5-9(4-7)10-12(13,14)6-17-11(16)15-10/h3-5,10H,6H2,1-2H3,(H,15,16)/t10-/m1/s1. The van der Waals surface area contributed by atoms with Gasteiger partial charge >= 0.3 is 12.0 Å². The van der Waals surface area contributed by atoms with Gasteiger partial charge < -0.3 is 10.1 Å². The van der Waals surface area contributed by atoms with Crippen LogP contribution in [0.2, 0.25) is 0 Å². The molecular weight excluding hydrogens is 228 g/mol. The Hall–Kier alpha value is -1.65. The smallest absolute Gasteiger partial charge is 0.408 e. The van der Waals surface area contributed by atoms with Crippen molar-refractivity contribution in [3.05, 3.63) is 34.9 Å². The van der Waals surface area contributed by atoms with Crippen LogP contribution in [0.3, 0.4) is 0 Å². The average molecular weight is 241 g/mol. The largest absolute Gasteiger partial charge is 0.443 e. The highest BCUT2D eigenvalue weighted by atomic mass is 19.3. The van der Waals surface area contributed by atoms with E-state index in [1.165, 1.54) is 0 Å². The van der Waals surface area contributed by atoms with E-state index in [4.69, 9.17) is 0 Å². The third kappa shape index (κ3) is 2.38. The fourth-order valence-corrected chi connectivity index (χ4v) is 2.01. The summed E-state index contributed by atoms with van der Waals surface area (Å²) in [6.07, 6.45) is -0.805. The summed E-state index contributed by atoms with van der Waals surface area (Å²) in [5, 5.41) is 2.17. The number of hydrogen-bond donors (Lipinski definition) is 1. The van der Waals surface area contributed by atoms with Gasteiger partial charge in [0, 0.05) is 0 Å². The number of carbonyl (C=O) groups excluding carboxylic acids is 1. The SMILES string of the molecule is Cc1cc(C)cc([C@H]2NC(=O)OCC2(F)F)c1. The highest BCUT2D eigenvalue weighted by Gasteiger charge is 2.46. The van der Waals surface area contributed by atoms with E-state index in [0.29, 0.717) is 5.56 Å². The van der Waals surface area contributed by atoms with Crippen LogP contribution < -0.4 is 5.32 Å². The number of carbonyl (C=O) groups is 1. The van der Waals surface area contributed by atoms with E-state index in [-0.39, 0.29) is 0 Å². The third-order valence-corrected chi connectivity index (χ3v) is 2.66. The van der Waals surface area contributed by atoms with Gasteiger partial charge in [0.05, 0.1) is 0 Å². The zero-order chi connectivity index (χ0) is 12.6. The summed E-state index contributed by atoms with van der Waals surface area (Å²) in [4.78, 5) is 11.0. The van der Waals surface area contributed by atoms with Crippen molar-refractivity contribution in [3.8, 4) is 0 Å². The van der Waals surface area contributed by atoms with Gasteiger partial charge in [-0.15, -0.1) is 0 Å². The van der Waals surface area contributed by atoms with Gasteiger partial charge in [-0.3, -0.25) is 0 Å². The van der Waals surface area contributed by atoms with Crippen LogP contribution in [-0.4, -0.2) is 18.6 Å². The van der Waals surface area contributed by atoms with E-state index in [1.54, 1.807) is 12.1 Å². The molecule has 2 rings (SSSR count). The lowest BCUT2D eigenvalue weighted by Crippen LogP contribution is -2.49. The summed E-state index contributed by atoms with van der Waals surface area (Å²) in [5.41, 5.74) is 2.18. The molecule has 5 heteroatoms. The molecule has 1 atom stereocenters. The van der Waals surface area contributed by atoms with Crippen molar-refractivity contribution in [2.24, 2.45) is 0 Å². The van der Waals surface area contributed by atoms with Gasteiger partial charge in [0.25, 0.3) is 0 Å². The number of ether oxygens (including phenoxy) is 1. The molecule has 1 saturated heterocycles. The Balaban J connectivity index is 2.39. The second-order valence-corrected chi connectivity index (χ2v) is 4.34. The van der Waals surface area contributed by atoms with Crippen molar-refractivity contribution >= 4 is 6.09 Å². The Kier molecular flexibility index (Phi) is 2.77. The zero-order valence-corrected chi connectivity index (χ0v) is 9.59. The molecule has 1 aromatic carbocycles. The molecule has 1 aliphatic heterocycles. The molecule has 92 valence electrons. The molecule has 0 bridgehead atoms. The first-order valence-corrected chi connectivity index (χ1v) is 5.28. The van der Waals surface area contributed by atoms with Crippen molar-refractivity contribution in [2.45, 2.75) is 25.8 Å². The van der Waals surface area contributed by atoms with Gasteiger partial charge in [0.1, 0.15) is 6.04 Å². The molecule has 1 N–H and O–H groups in total. The third-order valence-electron chi connectivity index (χ3n) is 2.66. The second-order valence-electron chi connectivity index (χ2n) is 4.34. The minimum absolute atomic E-state index is 0.407. The number of alkyl carbamates (subject to hydrolysis) is 1. The maximum absolute atomic E-state index is 13.7. The van der Waals surface area contributed by atoms with E-state index in [2.05, 4.69) is 10.1 Å². The van der Waals surface area contributed by atoms with E-state index in [1.807, 2.05) is 19.9 Å². The van der Waals surface area contributed by atoms with E-state index >= 15 is 0 Å². The molecule has 0 spiro atoms. The predicted octanol–water partition coefficient (Wildman–Crippen LogP) is 2.72. The maximum atomic E-state index is 13.7. The maximum Gasteiger partial charge on any atom is 0.408 e. The first-order chi connectivity index (χ1) is 7.88. The van der Waals surface area contributed by atoms with Crippen LogP contribution in [0, 0.1) is 13.8 Å². The van der Waals surface area contributed by atoms with Crippen LogP contribution in [-0.2, 0) is 4.74 Å². The van der Waals surface area contributed by atoms with Crippen LogP contribution in [0.25, 0.3) is 0 Å². The topological polar surface area (TPSA) is 38.3 Å². The van der Waals surface area contributed by atoms with Crippen molar-refractivity contribution in [1.82, 2.24) is 5.32 Å². The minimum Gasteiger partial charge on any atom is -0.443 e. The summed E-state index contributed by atoms with van der Waals surface area (Å²) >= 11 is 0. The lowest BCUT2D eigenvalue weighted by Gasteiger charge is -2.32. The fraction of sp³-hybridized carbons (Fsp3) is 0.417. The average Bonchev–Trinajstić information content (AvgIpc) is 2.20. The Morgan fingerprint density at radius 3 is 2.47 bits per heavy atom. The number of rotatable bonds is 1. The molecule has 1 amide bonds. The molecule has 1 heterocycles. The van der Waals surface area contributed by atoms with Crippen LogP contribution in [0.15, 0.2) is 18.2 Å². The van der Waals surface area contributed by atoms with Gasteiger partial charge in [-0.05, 0) is 19.4 Å². The first kappa shape index (κ1) is 11.8. The normalized spacial score (nSPS) is 22.8. The van der Waals surface area contributed by atoms with Crippen molar-refractivity contribution in [2.75, 3.05) is 6.61 Å². The Morgan fingerprint density at radius 1 is 1.29 bits per heavy atom. The molecule has 1 fully saturated rings. The number of cyclic esters (lactones) is 1. The quantitative estimate of drug-likeness (QED) is 0.821. The predicted molar refractivity (Wildman–Crippen MR) is 58.1 cm³/mol. The molecule has 0 radical (unpaired) electrons. The molecule has 0 unspecified atom stereocenters. The van der Waals surface area contributed by atoms with Gasteiger partial charge in [-0.1, -0.05) is 29.3 Å². The Morgan fingerprint density at radius 2 is 1.88 bits per heavy atom. The molecule has 0 aliphatic carbocycles. The van der Waals surface area contributed by atoms with Crippen molar-refractivity contribution in [1.29, 1.82) is 0 Å². The van der Waals surface area contributed by atoms with Crippen LogP contribution in [0.1, 0.15) is 22.7 Å². The number of amides is 1. The van der Waals surface area contributed by atoms with Crippen LogP contribution in [0.5, 0.6) is 0 Å². The van der Waals surface area contributed by atoms with Gasteiger partial charge in [0.2, 0.25) is 0 Å². The number of alkyl halides is 2. The molecular formula is C12H13F2NO2. The van der Waals surface area contributed by atoms with E-state index in [0.717, 1.165) is 11.1 Å². The molecule has 17 heavy (non-hydrogen) atoms. The highest BCUT2D eigenvalue weighted by molar-refractivity contribution is 5.69. The van der Waals surface area contributed by atoms with Crippen molar-refractivity contribution < 1.29 is 18.3 Å². The monoisotopic (exact) mass is 241 g/mol. The first-order valence-electron chi connectivity index (χ1n) is 5.28. The number of aryl methyl sites for hydroxylation is 2. The number of halogens is 2. The van der Waals surface area contributed by atoms with Crippen LogP contribution in [0.4, 0.5) is 13.6 Å². The lowest BCUT2D eigenvalue weighted by molar-refractivity contribution is -0.104. The molecule has 1 aromatic rings. The number of hydrogen-bond acceptors (Lipinski definition) is 2. The van der Waals surface area contributed by atoms with Gasteiger partial charge in [-0.2, -0.15) is 0 Å². The minimum atomic E-state index is -3.09. The highest BCUT2D eigenvalue weighted by Crippen LogP contribution is 2.35. The molecule has 0 saturated carbocycles. The summed E-state index contributed by atoms with van der Waals surface area (Å²) in [7, 11) is 0. The van der Waals surface area contributed by atoms with E-state index in [9.17, 15) is 13.6 Å². The van der Waals surface area contributed by atoms with Gasteiger partial charge in [-0.25, -0.2) is 13.6 Å². The van der Waals surface area contributed by atoms with Crippen molar-refractivity contribution in [3.63, 3.8) is 0 Å². The molecule has 3 nitrogen and oxygen atoms in total. The second kappa shape index (κ2) is 3.98. The van der Waals surface area contributed by atoms with Crippen LogP contribution >= 0.6 is 0 Å². The summed E-state index contributed by atoms with van der Waals surface area (Å²) in [5.74, 6) is -3.09. The zero-order valence-electron chi connectivity index (χ0n) is 9.59. The lowest BCUT2D eigenvalue weighted by atomic mass is 9.96. The summed E-state index contributed by atoms with van der Waals surface area (Å²) in [6.45, 7) is 2.78. The number of benzene rings is 1. The number of nitrogens with one attached hydrogen (secondary N) is 1. The molecule has 0 aromatic heterocycles. The molecule has 1 aliphatic rings. The Bertz CT molecular complexity index is 440. The fourth-order valence-electron chi connectivity index (χ4n) is 2.01. The summed E-state index contributed by atoms with van der Waals surface area (Å²) in [6, 6.07) is 3.87.